The van der Waals surface area contributed by atoms with Gasteiger partial charge in [0.1, 0.15) is 6.54 Å². The molecule has 0 atom stereocenters. The highest BCUT2D eigenvalue weighted by atomic mass is 35.5. The number of hydrogen-bond acceptors (Lipinski definition) is 4. The summed E-state index contributed by atoms with van der Waals surface area (Å²) in [6.45, 7) is -0.577. The van der Waals surface area contributed by atoms with Crippen LogP contribution in [0.5, 0.6) is 0 Å². The van der Waals surface area contributed by atoms with E-state index >= 15 is 0 Å². The van der Waals surface area contributed by atoms with Crippen LogP contribution < -0.4 is 10.2 Å². The van der Waals surface area contributed by atoms with Crippen LogP contribution in [0.1, 0.15) is 5.56 Å². The molecule has 0 radical (unpaired) electrons. The highest BCUT2D eigenvalue weighted by Gasteiger charge is 2.26. The lowest BCUT2D eigenvalue weighted by Crippen LogP contribution is -2.43. The van der Waals surface area contributed by atoms with Gasteiger partial charge >= 0.3 is 5.97 Å². The fourth-order valence-corrected chi connectivity index (χ4v) is 2.69. The van der Waals surface area contributed by atoms with E-state index in [9.17, 15) is 14.4 Å². The molecule has 3 rings (SSSR count). The summed E-state index contributed by atoms with van der Waals surface area (Å²) >= 11 is 5.87. The van der Waals surface area contributed by atoms with Crippen molar-refractivity contribution in [3.8, 4) is 0 Å². The smallest absolute Gasteiger partial charge is 0.331 e. The number of carbonyl (C=O) groups is 3. The molecule has 0 aromatic heterocycles. The average Bonchev–Trinajstić information content (AvgIpc) is 2.63. The monoisotopic (exact) mass is 370 g/mol. The molecule has 1 aliphatic rings. The van der Waals surface area contributed by atoms with E-state index in [0.29, 0.717) is 16.4 Å². The molecule has 0 bridgehead atoms. The summed E-state index contributed by atoms with van der Waals surface area (Å²) in [5.41, 5.74) is 1.86. The molecule has 2 aromatic carbocycles. The van der Waals surface area contributed by atoms with E-state index in [1.807, 2.05) is 0 Å². The van der Waals surface area contributed by atoms with Crippen molar-refractivity contribution in [3.05, 3.63) is 65.2 Å². The number of amides is 2. The predicted molar refractivity (Wildman–Crippen MR) is 98.9 cm³/mol. The van der Waals surface area contributed by atoms with Crippen LogP contribution in [0.4, 0.5) is 11.4 Å². The molecule has 26 heavy (non-hydrogen) atoms. The van der Waals surface area contributed by atoms with Gasteiger partial charge in [0, 0.05) is 11.1 Å². The first-order valence-corrected chi connectivity index (χ1v) is 8.20. The van der Waals surface area contributed by atoms with Crippen LogP contribution in [-0.2, 0) is 19.1 Å². The second kappa shape index (κ2) is 7.84. The van der Waals surface area contributed by atoms with Crippen molar-refractivity contribution < 1.29 is 19.1 Å². The largest absolute Gasteiger partial charge is 0.452 e. The number of carbonyl (C=O) groups excluding carboxylic acids is 3. The van der Waals surface area contributed by atoms with Crippen molar-refractivity contribution in [1.82, 2.24) is 0 Å². The average molecular weight is 371 g/mol. The third-order valence-corrected chi connectivity index (χ3v) is 3.91. The SMILES string of the molecule is O=C1CN(C(=O)COC(=O)/C=C/c2cccc(Cl)c2)c2ccccc2N1. The highest BCUT2D eigenvalue weighted by Crippen LogP contribution is 2.28. The number of hydrogen-bond donors (Lipinski definition) is 1. The minimum absolute atomic E-state index is 0.119. The number of rotatable bonds is 4. The van der Waals surface area contributed by atoms with E-state index < -0.39 is 18.5 Å². The molecule has 2 aromatic rings. The summed E-state index contributed by atoms with van der Waals surface area (Å²) in [6, 6.07) is 13.9. The van der Waals surface area contributed by atoms with E-state index in [4.69, 9.17) is 16.3 Å². The summed E-state index contributed by atoms with van der Waals surface area (Å²) in [6.07, 6.45) is 2.76. The van der Waals surface area contributed by atoms with Gasteiger partial charge in [0.15, 0.2) is 6.61 Å². The number of nitrogens with one attached hydrogen (secondary N) is 1. The Morgan fingerprint density at radius 1 is 1.19 bits per heavy atom. The zero-order valence-electron chi connectivity index (χ0n) is 13.6. The number of esters is 1. The van der Waals surface area contributed by atoms with Gasteiger partial charge < -0.3 is 10.1 Å². The number of anilines is 2. The van der Waals surface area contributed by atoms with Crippen molar-refractivity contribution in [2.45, 2.75) is 0 Å². The predicted octanol–water partition coefficient (Wildman–Crippen LogP) is 2.88. The summed E-state index contributed by atoms with van der Waals surface area (Å²) in [4.78, 5) is 37.2. The molecule has 0 spiro atoms. The van der Waals surface area contributed by atoms with Gasteiger partial charge in [0.05, 0.1) is 11.4 Å². The second-order valence-corrected chi connectivity index (χ2v) is 5.98. The molecule has 7 heteroatoms. The first-order chi connectivity index (χ1) is 12.5. The van der Waals surface area contributed by atoms with Crippen molar-refractivity contribution in [2.75, 3.05) is 23.4 Å². The van der Waals surface area contributed by atoms with Crippen LogP contribution >= 0.6 is 11.6 Å². The Labute approximate surface area is 155 Å². The fourth-order valence-electron chi connectivity index (χ4n) is 2.49. The van der Waals surface area contributed by atoms with Crippen molar-refractivity contribution in [2.24, 2.45) is 0 Å². The summed E-state index contributed by atoms with van der Waals surface area (Å²) < 4.78 is 4.98. The maximum absolute atomic E-state index is 12.4. The molecule has 1 aliphatic heterocycles. The van der Waals surface area contributed by atoms with Crippen molar-refractivity contribution in [3.63, 3.8) is 0 Å². The standard InChI is InChI=1S/C19H15ClN2O4/c20-14-5-3-4-13(10-14)8-9-19(25)26-12-18(24)22-11-17(23)21-15-6-1-2-7-16(15)22/h1-10H,11-12H2,(H,21,23)/b9-8+. The van der Waals surface area contributed by atoms with Gasteiger partial charge in [-0.15, -0.1) is 0 Å². The fraction of sp³-hybridized carbons (Fsp3) is 0.105. The van der Waals surface area contributed by atoms with Gasteiger partial charge in [-0.25, -0.2) is 4.79 Å². The summed E-state index contributed by atoms with van der Waals surface area (Å²) in [5, 5.41) is 3.24. The third kappa shape index (κ3) is 4.29. The maximum Gasteiger partial charge on any atom is 0.331 e. The molecule has 0 saturated carbocycles. The molecule has 132 valence electrons. The van der Waals surface area contributed by atoms with Crippen LogP contribution in [0.2, 0.25) is 5.02 Å². The zero-order valence-corrected chi connectivity index (χ0v) is 14.4. The Kier molecular flexibility index (Phi) is 5.34. The number of benzene rings is 2. The van der Waals surface area contributed by atoms with Gasteiger partial charge in [0.25, 0.3) is 5.91 Å². The molecule has 1 heterocycles. The molecule has 0 fully saturated rings. The van der Waals surface area contributed by atoms with Crippen LogP contribution in [0.15, 0.2) is 54.6 Å². The normalized spacial score (nSPS) is 13.3. The second-order valence-electron chi connectivity index (χ2n) is 5.54. The first kappa shape index (κ1) is 17.7. The van der Waals surface area contributed by atoms with Crippen molar-refractivity contribution >= 4 is 46.8 Å². The number of nitrogens with zero attached hydrogens (tertiary/aromatic N) is 1. The Morgan fingerprint density at radius 2 is 2.00 bits per heavy atom. The summed E-state index contributed by atoms with van der Waals surface area (Å²) in [5.74, 6) is -1.44. The van der Waals surface area contributed by atoms with E-state index in [1.165, 1.54) is 11.0 Å². The topological polar surface area (TPSA) is 75.7 Å². The Balaban J connectivity index is 1.60. The Bertz CT molecular complexity index is 895. The van der Waals surface area contributed by atoms with Crippen molar-refractivity contribution in [1.29, 1.82) is 0 Å². The van der Waals surface area contributed by atoms with Gasteiger partial charge in [-0.05, 0) is 35.9 Å². The first-order valence-electron chi connectivity index (χ1n) is 7.82. The minimum Gasteiger partial charge on any atom is -0.452 e. The number of ether oxygens (including phenoxy) is 1. The van der Waals surface area contributed by atoms with Gasteiger partial charge in [-0.3, -0.25) is 14.5 Å². The van der Waals surface area contributed by atoms with Gasteiger partial charge in [-0.2, -0.15) is 0 Å². The zero-order chi connectivity index (χ0) is 18.5. The van der Waals surface area contributed by atoms with Crippen LogP contribution in [0.3, 0.4) is 0 Å². The van der Waals surface area contributed by atoms with E-state index in [0.717, 1.165) is 5.56 Å². The lowest BCUT2D eigenvalue weighted by molar-refractivity contribution is -0.143. The van der Waals surface area contributed by atoms with Crippen LogP contribution in [0.25, 0.3) is 6.08 Å². The lowest BCUT2D eigenvalue weighted by atomic mass is 10.2. The molecule has 2 amide bonds. The molecule has 0 aliphatic carbocycles. The third-order valence-electron chi connectivity index (χ3n) is 3.67. The quantitative estimate of drug-likeness (QED) is 0.663. The molecule has 1 N–H and O–H groups in total. The van der Waals surface area contributed by atoms with E-state index in [1.54, 1.807) is 54.6 Å². The number of para-hydroxylation sites is 2. The van der Waals surface area contributed by atoms with Crippen LogP contribution in [0, 0.1) is 0 Å². The number of halogens is 1. The molecular weight excluding hydrogens is 356 g/mol. The van der Waals surface area contributed by atoms with E-state index in [-0.39, 0.29) is 12.5 Å². The molecular formula is C19H15ClN2O4. The van der Waals surface area contributed by atoms with Gasteiger partial charge in [0.2, 0.25) is 5.91 Å². The molecule has 0 unspecified atom stereocenters. The Morgan fingerprint density at radius 3 is 2.81 bits per heavy atom. The highest BCUT2D eigenvalue weighted by molar-refractivity contribution is 6.30. The minimum atomic E-state index is -0.659. The lowest BCUT2D eigenvalue weighted by Gasteiger charge is -2.28. The summed E-state index contributed by atoms with van der Waals surface area (Å²) in [7, 11) is 0. The number of fused-ring (bicyclic) bond motifs is 1. The molecule has 0 saturated heterocycles. The Hall–Kier alpha value is -3.12. The molecule has 6 nitrogen and oxygen atoms in total. The van der Waals surface area contributed by atoms with E-state index in [2.05, 4.69) is 5.32 Å². The van der Waals surface area contributed by atoms with Gasteiger partial charge in [-0.1, -0.05) is 35.9 Å². The maximum atomic E-state index is 12.4. The van der Waals surface area contributed by atoms with Crippen LogP contribution in [-0.4, -0.2) is 30.9 Å².